The molecule has 1 aliphatic rings. The number of thioether (sulfide) groups is 1. The standard InChI is InChI=1S/C21H16BrClN2O3S/c1-4-7-28-19-15(22)9-13(10-17(19)27-3)11-18-20(26)25-21(29-18)24-16-6-5-14(23)8-12(16)2/h1,5-6,8-11H,7H2,2-3H3,(H,24,25,26)/b18-11-. The topological polar surface area (TPSA) is 59.9 Å². The van der Waals surface area contributed by atoms with E-state index in [4.69, 9.17) is 27.5 Å². The number of carbonyl (C=O) groups excluding carboxylic acids is 1. The maximum atomic E-state index is 12.4. The maximum absolute atomic E-state index is 12.4. The van der Waals surface area contributed by atoms with E-state index in [1.165, 1.54) is 18.9 Å². The lowest BCUT2D eigenvalue weighted by Crippen LogP contribution is -2.19. The summed E-state index contributed by atoms with van der Waals surface area (Å²) in [4.78, 5) is 17.4. The number of rotatable bonds is 5. The Labute approximate surface area is 186 Å². The lowest BCUT2D eigenvalue weighted by molar-refractivity contribution is -0.115. The molecule has 0 atom stereocenters. The summed E-state index contributed by atoms with van der Waals surface area (Å²) in [6, 6.07) is 9.01. The van der Waals surface area contributed by atoms with Gasteiger partial charge in [0.2, 0.25) is 0 Å². The first-order valence-electron chi connectivity index (χ1n) is 8.41. The molecule has 1 N–H and O–H groups in total. The molecule has 29 heavy (non-hydrogen) atoms. The molecule has 0 radical (unpaired) electrons. The number of terminal acetylenes is 1. The first kappa shape index (κ1) is 21.3. The van der Waals surface area contributed by atoms with Crippen molar-refractivity contribution in [2.75, 3.05) is 13.7 Å². The van der Waals surface area contributed by atoms with Crippen LogP contribution >= 0.6 is 39.3 Å². The summed E-state index contributed by atoms with van der Waals surface area (Å²) in [6.07, 6.45) is 7.01. The van der Waals surface area contributed by atoms with E-state index in [0.717, 1.165) is 16.8 Å². The number of amidine groups is 1. The number of hydrogen-bond donors (Lipinski definition) is 1. The number of amides is 1. The molecule has 5 nitrogen and oxygen atoms in total. The predicted octanol–water partition coefficient (Wildman–Crippen LogP) is 5.32. The van der Waals surface area contributed by atoms with Crippen molar-refractivity contribution >= 4 is 62.1 Å². The van der Waals surface area contributed by atoms with Crippen molar-refractivity contribution in [1.29, 1.82) is 0 Å². The van der Waals surface area contributed by atoms with Gasteiger partial charge in [-0.3, -0.25) is 4.79 Å². The first-order valence-corrected chi connectivity index (χ1v) is 10.4. The first-order chi connectivity index (χ1) is 13.9. The molecule has 0 saturated carbocycles. The highest BCUT2D eigenvalue weighted by Gasteiger charge is 2.24. The second-order valence-electron chi connectivity index (χ2n) is 5.94. The Morgan fingerprint density at radius 2 is 2.17 bits per heavy atom. The van der Waals surface area contributed by atoms with Crippen LogP contribution in [0.15, 0.2) is 44.7 Å². The smallest absolute Gasteiger partial charge is 0.264 e. The molecule has 0 aromatic heterocycles. The second-order valence-corrected chi connectivity index (χ2v) is 8.26. The van der Waals surface area contributed by atoms with Gasteiger partial charge in [0.05, 0.1) is 22.2 Å². The van der Waals surface area contributed by atoms with Gasteiger partial charge in [-0.2, -0.15) is 0 Å². The van der Waals surface area contributed by atoms with E-state index in [1.807, 2.05) is 25.1 Å². The van der Waals surface area contributed by atoms with Crippen molar-refractivity contribution in [3.63, 3.8) is 0 Å². The molecule has 1 heterocycles. The Kier molecular flexibility index (Phi) is 6.91. The molecule has 0 spiro atoms. The summed E-state index contributed by atoms with van der Waals surface area (Å²) in [5.74, 6) is 3.22. The Morgan fingerprint density at radius 1 is 1.38 bits per heavy atom. The zero-order valence-corrected chi connectivity index (χ0v) is 18.7. The SMILES string of the molecule is C#CCOc1c(Br)cc(/C=C2\SC(=Nc3ccc(Cl)cc3C)NC2=O)cc1OC. The lowest BCUT2D eigenvalue weighted by Gasteiger charge is -2.12. The molecule has 2 aromatic carbocycles. The van der Waals surface area contributed by atoms with Crippen LogP contribution in [0.5, 0.6) is 11.5 Å². The van der Waals surface area contributed by atoms with Gasteiger partial charge in [0, 0.05) is 5.02 Å². The highest BCUT2D eigenvalue weighted by atomic mass is 79.9. The summed E-state index contributed by atoms with van der Waals surface area (Å²) in [5.41, 5.74) is 2.44. The number of methoxy groups -OCH3 is 1. The largest absolute Gasteiger partial charge is 0.493 e. The molecule has 8 heteroatoms. The predicted molar refractivity (Wildman–Crippen MR) is 122 cm³/mol. The summed E-state index contributed by atoms with van der Waals surface area (Å²) >= 11 is 10.7. The van der Waals surface area contributed by atoms with Gasteiger partial charge in [-0.15, -0.1) is 6.42 Å². The van der Waals surface area contributed by atoms with E-state index in [9.17, 15) is 4.79 Å². The fraction of sp³-hybridized carbons (Fsp3) is 0.143. The van der Waals surface area contributed by atoms with E-state index in [1.54, 1.807) is 18.2 Å². The quantitative estimate of drug-likeness (QED) is 0.454. The van der Waals surface area contributed by atoms with Crippen molar-refractivity contribution in [2.45, 2.75) is 6.92 Å². The molecule has 0 aliphatic carbocycles. The molecule has 0 bridgehead atoms. The molecule has 1 fully saturated rings. The Morgan fingerprint density at radius 3 is 2.86 bits per heavy atom. The zero-order chi connectivity index (χ0) is 21.0. The van der Waals surface area contributed by atoms with Crippen LogP contribution < -0.4 is 14.8 Å². The van der Waals surface area contributed by atoms with Crippen LogP contribution in [-0.2, 0) is 4.79 Å². The normalized spacial score (nSPS) is 16.0. The monoisotopic (exact) mass is 490 g/mol. The third-order valence-electron chi connectivity index (χ3n) is 3.88. The average Bonchev–Trinajstić information content (AvgIpc) is 3.01. The minimum Gasteiger partial charge on any atom is -0.493 e. The van der Waals surface area contributed by atoms with Crippen molar-refractivity contribution in [3.8, 4) is 23.8 Å². The van der Waals surface area contributed by atoms with Crippen LogP contribution in [0, 0.1) is 19.3 Å². The fourth-order valence-corrected chi connectivity index (χ4v) is 4.20. The van der Waals surface area contributed by atoms with E-state index in [0.29, 0.717) is 31.1 Å². The summed E-state index contributed by atoms with van der Waals surface area (Å²) in [5, 5.41) is 3.93. The van der Waals surface area contributed by atoms with E-state index in [-0.39, 0.29) is 12.5 Å². The minimum absolute atomic E-state index is 0.123. The maximum Gasteiger partial charge on any atom is 0.264 e. The van der Waals surface area contributed by atoms with Crippen molar-refractivity contribution in [2.24, 2.45) is 4.99 Å². The van der Waals surface area contributed by atoms with Gasteiger partial charge < -0.3 is 14.8 Å². The van der Waals surface area contributed by atoms with Crippen LogP contribution in [0.25, 0.3) is 6.08 Å². The summed E-state index contributed by atoms with van der Waals surface area (Å²) in [7, 11) is 1.54. The van der Waals surface area contributed by atoms with Gasteiger partial charge in [-0.1, -0.05) is 17.5 Å². The van der Waals surface area contributed by atoms with Gasteiger partial charge in [0.1, 0.15) is 6.61 Å². The summed E-state index contributed by atoms with van der Waals surface area (Å²) < 4.78 is 11.6. The number of nitrogens with one attached hydrogen (secondary N) is 1. The van der Waals surface area contributed by atoms with E-state index in [2.05, 4.69) is 32.2 Å². The Hall–Kier alpha value is -2.40. The van der Waals surface area contributed by atoms with Gasteiger partial charge >= 0.3 is 0 Å². The zero-order valence-electron chi connectivity index (χ0n) is 15.6. The number of carbonyl (C=O) groups is 1. The highest BCUT2D eigenvalue weighted by molar-refractivity contribution is 9.10. The molecular formula is C21H16BrClN2O3S. The van der Waals surface area contributed by atoms with Crippen LogP contribution in [-0.4, -0.2) is 24.8 Å². The van der Waals surface area contributed by atoms with Crippen molar-refractivity contribution in [1.82, 2.24) is 5.32 Å². The van der Waals surface area contributed by atoms with Crippen LogP contribution in [0.3, 0.4) is 0 Å². The van der Waals surface area contributed by atoms with Crippen LogP contribution in [0.2, 0.25) is 5.02 Å². The summed E-state index contributed by atoms with van der Waals surface area (Å²) in [6.45, 7) is 2.04. The molecule has 1 aliphatic heterocycles. The molecule has 3 rings (SSSR count). The van der Waals surface area contributed by atoms with E-state index < -0.39 is 0 Å². The van der Waals surface area contributed by atoms with Gasteiger partial charge in [0.25, 0.3) is 5.91 Å². The molecule has 0 unspecified atom stereocenters. The number of hydrogen-bond acceptors (Lipinski definition) is 5. The van der Waals surface area contributed by atoms with Gasteiger partial charge in [-0.05, 0) is 82.2 Å². The van der Waals surface area contributed by atoms with Crippen LogP contribution in [0.4, 0.5) is 5.69 Å². The van der Waals surface area contributed by atoms with Crippen LogP contribution in [0.1, 0.15) is 11.1 Å². The third kappa shape index (κ3) is 5.15. The number of aryl methyl sites for hydroxylation is 1. The fourth-order valence-electron chi connectivity index (χ4n) is 2.56. The molecule has 1 amide bonds. The third-order valence-corrected chi connectivity index (χ3v) is 5.62. The minimum atomic E-state index is -0.219. The molecule has 1 saturated heterocycles. The number of benzene rings is 2. The number of nitrogens with zero attached hydrogens (tertiary/aromatic N) is 1. The van der Waals surface area contributed by atoms with E-state index >= 15 is 0 Å². The Bertz CT molecular complexity index is 1080. The van der Waals surface area contributed by atoms with Gasteiger partial charge in [0.15, 0.2) is 16.7 Å². The van der Waals surface area contributed by atoms with Crippen molar-refractivity contribution in [3.05, 3.63) is 55.9 Å². The van der Waals surface area contributed by atoms with Gasteiger partial charge in [-0.25, -0.2) is 4.99 Å². The Balaban J connectivity index is 1.87. The second kappa shape index (κ2) is 9.40. The molecule has 2 aromatic rings. The number of aliphatic imine (C=N–C) groups is 1. The number of halogens is 2. The lowest BCUT2D eigenvalue weighted by atomic mass is 10.2. The average molecular weight is 492 g/mol. The van der Waals surface area contributed by atoms with Crippen molar-refractivity contribution < 1.29 is 14.3 Å². The number of ether oxygens (including phenoxy) is 2. The highest BCUT2D eigenvalue weighted by Crippen LogP contribution is 2.38. The molecular weight excluding hydrogens is 476 g/mol. The molecule has 148 valence electrons.